The van der Waals surface area contributed by atoms with Crippen molar-refractivity contribution in [3.63, 3.8) is 0 Å². The number of nitrogens with one attached hydrogen (secondary N) is 1. The minimum atomic E-state index is -3.69. The highest BCUT2D eigenvalue weighted by molar-refractivity contribution is 5.92. The fraction of sp³-hybridized carbons (Fsp3) is 0.417. The Morgan fingerprint density at radius 2 is 1.85 bits per heavy atom. The van der Waals surface area contributed by atoms with Gasteiger partial charge in [-0.15, -0.1) is 0 Å². The van der Waals surface area contributed by atoms with Gasteiger partial charge in [-0.1, -0.05) is 12.1 Å². The molecule has 1 aromatic heterocycles. The second kappa shape index (κ2) is 10.4. The molecule has 0 unspecified atom stereocenters. The third-order valence-corrected chi connectivity index (χ3v) is 5.26. The Balaban J connectivity index is 2.04. The maximum atomic E-state index is 15.0. The molecule has 0 saturated heterocycles. The van der Waals surface area contributed by atoms with Crippen molar-refractivity contribution >= 4 is 16.7 Å². The average molecular weight is 479 g/mol. The molecule has 0 aliphatic carbocycles. The normalized spacial score (nSPS) is 13.6. The summed E-state index contributed by atoms with van der Waals surface area (Å²) in [5.74, 6) is -3.04. The van der Waals surface area contributed by atoms with Crippen LogP contribution in [-0.4, -0.2) is 48.6 Å². The maximum Gasteiger partial charge on any atom is 0.298 e. The number of aryl methyl sites for hydroxylation is 1. The number of halogens is 3. The van der Waals surface area contributed by atoms with Gasteiger partial charge >= 0.3 is 0 Å². The number of aliphatic hydroxyl groups excluding tert-OH is 1. The first kappa shape index (κ1) is 25.5. The summed E-state index contributed by atoms with van der Waals surface area (Å²) >= 11 is 0. The molecule has 0 saturated carbocycles. The van der Waals surface area contributed by atoms with E-state index in [9.17, 15) is 13.2 Å². The van der Waals surface area contributed by atoms with Crippen molar-refractivity contribution in [1.29, 1.82) is 0 Å². The molecule has 0 aliphatic rings. The summed E-state index contributed by atoms with van der Waals surface area (Å²) in [6.45, 7) is 4.05. The zero-order valence-electron chi connectivity index (χ0n) is 19.7. The van der Waals surface area contributed by atoms with E-state index in [1.54, 1.807) is 33.1 Å². The molecule has 0 bridgehead atoms. The van der Waals surface area contributed by atoms with Crippen LogP contribution in [-0.2, 0) is 10.7 Å². The number of ether oxygens (including phenoxy) is 3. The summed E-state index contributed by atoms with van der Waals surface area (Å²) in [6, 6.07) is 6.38. The van der Waals surface area contributed by atoms with Gasteiger partial charge in [0.25, 0.3) is 5.92 Å². The van der Waals surface area contributed by atoms with E-state index in [0.29, 0.717) is 40.7 Å². The molecule has 184 valence electrons. The number of alkyl halides is 2. The van der Waals surface area contributed by atoms with E-state index in [4.69, 9.17) is 19.3 Å². The zero-order valence-corrected chi connectivity index (χ0v) is 19.7. The van der Waals surface area contributed by atoms with Crippen molar-refractivity contribution in [3.05, 3.63) is 53.1 Å². The summed E-state index contributed by atoms with van der Waals surface area (Å²) in [4.78, 5) is 8.89. The van der Waals surface area contributed by atoms with Crippen molar-refractivity contribution in [3.8, 4) is 11.5 Å². The first-order valence-electron chi connectivity index (χ1n) is 10.7. The SMILES string of the molecule is COC[C@H](C)Oc1cc2c(N[C@H](C)c3cccc(C(F)(F)CO)c3F)nc(C)nc2cc1OC. The number of anilines is 1. The van der Waals surface area contributed by atoms with Gasteiger partial charge in [0.2, 0.25) is 0 Å². The van der Waals surface area contributed by atoms with Gasteiger partial charge in [-0.05, 0) is 32.9 Å². The first-order valence-corrected chi connectivity index (χ1v) is 10.7. The van der Waals surface area contributed by atoms with E-state index in [2.05, 4.69) is 15.3 Å². The number of hydrogen-bond donors (Lipinski definition) is 2. The van der Waals surface area contributed by atoms with Crippen molar-refractivity contribution in [2.45, 2.75) is 38.8 Å². The van der Waals surface area contributed by atoms with Crippen LogP contribution in [0, 0.1) is 12.7 Å². The predicted octanol–water partition coefficient (Wildman–Crippen LogP) is 4.76. The fourth-order valence-corrected chi connectivity index (χ4v) is 3.63. The van der Waals surface area contributed by atoms with Crippen LogP contribution in [0.25, 0.3) is 10.9 Å². The maximum absolute atomic E-state index is 15.0. The Morgan fingerprint density at radius 3 is 2.50 bits per heavy atom. The Hall–Kier alpha value is -3.11. The fourth-order valence-electron chi connectivity index (χ4n) is 3.63. The number of rotatable bonds is 10. The van der Waals surface area contributed by atoms with E-state index < -0.39 is 30.0 Å². The highest BCUT2D eigenvalue weighted by Gasteiger charge is 2.35. The molecule has 34 heavy (non-hydrogen) atoms. The molecular formula is C24H28F3N3O4. The van der Waals surface area contributed by atoms with Crippen LogP contribution in [0.3, 0.4) is 0 Å². The molecule has 0 amide bonds. The van der Waals surface area contributed by atoms with Crippen LogP contribution >= 0.6 is 0 Å². The molecule has 1 heterocycles. The Labute approximate surface area is 195 Å². The number of benzene rings is 2. The summed E-state index contributed by atoms with van der Waals surface area (Å²) < 4.78 is 59.5. The van der Waals surface area contributed by atoms with Crippen molar-refractivity contribution in [2.24, 2.45) is 0 Å². The van der Waals surface area contributed by atoms with E-state index in [-0.39, 0.29) is 11.7 Å². The van der Waals surface area contributed by atoms with E-state index in [1.807, 2.05) is 6.92 Å². The van der Waals surface area contributed by atoms with Gasteiger partial charge in [0, 0.05) is 24.1 Å². The van der Waals surface area contributed by atoms with Crippen molar-refractivity contribution in [1.82, 2.24) is 9.97 Å². The first-order chi connectivity index (χ1) is 16.1. The molecule has 3 rings (SSSR count). The second-order valence-corrected chi connectivity index (χ2v) is 7.96. The number of fused-ring (bicyclic) bond motifs is 1. The lowest BCUT2D eigenvalue weighted by atomic mass is 10.00. The standard InChI is InChI=1S/C24H28F3N3O4/c1-13(11-32-4)34-21-9-17-19(10-20(21)33-5)29-15(3)30-23(17)28-14(2)16-7-6-8-18(22(16)25)24(26,27)12-31/h6-10,13-14,31H,11-12H2,1-5H3,(H,28,29,30)/t13-,14+/m0/s1. The number of aliphatic hydroxyl groups is 1. The van der Waals surface area contributed by atoms with Crippen LogP contribution in [0.4, 0.5) is 19.0 Å². The Morgan fingerprint density at radius 1 is 1.12 bits per heavy atom. The molecule has 2 atom stereocenters. The van der Waals surface area contributed by atoms with E-state index in [0.717, 1.165) is 6.07 Å². The van der Waals surface area contributed by atoms with E-state index in [1.165, 1.54) is 19.2 Å². The molecule has 3 aromatic rings. The number of aromatic nitrogens is 2. The molecule has 7 nitrogen and oxygen atoms in total. The summed E-state index contributed by atoms with van der Waals surface area (Å²) in [7, 11) is 3.09. The number of methoxy groups -OCH3 is 2. The Bertz CT molecular complexity index is 1160. The minimum Gasteiger partial charge on any atom is -0.493 e. The average Bonchev–Trinajstić information content (AvgIpc) is 2.79. The third kappa shape index (κ3) is 5.34. The monoisotopic (exact) mass is 479 g/mol. The van der Waals surface area contributed by atoms with Crippen LogP contribution in [0.1, 0.15) is 36.8 Å². The molecule has 0 aliphatic heterocycles. The number of nitrogens with zero attached hydrogens (tertiary/aromatic N) is 2. The lowest BCUT2D eigenvalue weighted by Gasteiger charge is -2.21. The zero-order chi connectivity index (χ0) is 25.0. The van der Waals surface area contributed by atoms with Gasteiger partial charge in [-0.2, -0.15) is 8.78 Å². The van der Waals surface area contributed by atoms with Crippen LogP contribution in [0.2, 0.25) is 0 Å². The molecular weight excluding hydrogens is 451 g/mol. The smallest absolute Gasteiger partial charge is 0.298 e. The highest BCUT2D eigenvalue weighted by atomic mass is 19.3. The Kier molecular flexibility index (Phi) is 7.83. The molecule has 10 heteroatoms. The minimum absolute atomic E-state index is 0.00809. The quantitative estimate of drug-likeness (QED) is 0.434. The molecule has 0 fully saturated rings. The lowest BCUT2D eigenvalue weighted by molar-refractivity contribution is -0.0583. The summed E-state index contributed by atoms with van der Waals surface area (Å²) in [5, 5.41) is 12.7. The topological polar surface area (TPSA) is 85.7 Å². The molecule has 0 spiro atoms. The summed E-state index contributed by atoms with van der Waals surface area (Å²) in [5.41, 5.74) is -0.294. The summed E-state index contributed by atoms with van der Waals surface area (Å²) in [6.07, 6.45) is -0.261. The number of hydrogen-bond acceptors (Lipinski definition) is 7. The van der Waals surface area contributed by atoms with Crippen LogP contribution in [0.15, 0.2) is 30.3 Å². The van der Waals surface area contributed by atoms with Crippen LogP contribution < -0.4 is 14.8 Å². The largest absolute Gasteiger partial charge is 0.493 e. The predicted molar refractivity (Wildman–Crippen MR) is 122 cm³/mol. The highest BCUT2D eigenvalue weighted by Crippen LogP contribution is 2.37. The van der Waals surface area contributed by atoms with Gasteiger partial charge < -0.3 is 24.6 Å². The van der Waals surface area contributed by atoms with Gasteiger partial charge in [0.1, 0.15) is 30.2 Å². The van der Waals surface area contributed by atoms with Crippen molar-refractivity contribution in [2.75, 3.05) is 32.8 Å². The second-order valence-electron chi connectivity index (χ2n) is 7.96. The van der Waals surface area contributed by atoms with Crippen LogP contribution in [0.5, 0.6) is 11.5 Å². The van der Waals surface area contributed by atoms with Gasteiger partial charge in [-0.3, -0.25) is 0 Å². The van der Waals surface area contributed by atoms with E-state index >= 15 is 0 Å². The third-order valence-electron chi connectivity index (χ3n) is 5.26. The van der Waals surface area contributed by atoms with Gasteiger partial charge in [-0.25, -0.2) is 14.4 Å². The molecule has 2 aromatic carbocycles. The van der Waals surface area contributed by atoms with Crippen molar-refractivity contribution < 1.29 is 32.5 Å². The lowest BCUT2D eigenvalue weighted by Crippen LogP contribution is -2.22. The molecule has 0 radical (unpaired) electrons. The molecule has 2 N–H and O–H groups in total. The van der Waals surface area contributed by atoms with Gasteiger partial charge in [0.05, 0.1) is 30.8 Å². The van der Waals surface area contributed by atoms with Gasteiger partial charge in [0.15, 0.2) is 11.5 Å².